The molecule has 202 valence electrons. The summed E-state index contributed by atoms with van der Waals surface area (Å²) in [6.45, 7) is 7.66. The van der Waals surface area contributed by atoms with E-state index in [-0.39, 0.29) is 36.7 Å². The third kappa shape index (κ3) is 2.89. The minimum atomic E-state index is -1.60. The lowest BCUT2D eigenvalue weighted by Gasteiger charge is -2.58. The number of allylic oxidation sites excluding steroid dienone is 1. The molecule has 1 saturated heterocycles. The number of fused-ring (bicyclic) bond motifs is 2. The Labute approximate surface area is 211 Å². The lowest BCUT2D eigenvalue weighted by atomic mass is 9.42. The van der Waals surface area contributed by atoms with E-state index in [0.29, 0.717) is 17.9 Å². The first-order valence-electron chi connectivity index (χ1n) is 13.3. The monoisotopic (exact) mass is 508 g/mol. The lowest BCUT2D eigenvalue weighted by Crippen LogP contribution is -2.66. The predicted octanol–water partition coefficient (Wildman–Crippen LogP) is 2.29. The third-order valence-corrected chi connectivity index (χ3v) is 10.8. The van der Waals surface area contributed by atoms with Crippen LogP contribution in [0.25, 0.3) is 0 Å². The van der Waals surface area contributed by atoms with Gasteiger partial charge >= 0.3 is 11.9 Å². The molecule has 4 aliphatic carbocycles. The van der Waals surface area contributed by atoms with Crippen LogP contribution < -0.4 is 0 Å². The van der Waals surface area contributed by atoms with Gasteiger partial charge in [-0.15, -0.1) is 0 Å². The van der Waals surface area contributed by atoms with Gasteiger partial charge in [0.2, 0.25) is 0 Å². The molecule has 1 aliphatic heterocycles. The van der Waals surface area contributed by atoms with Gasteiger partial charge in [-0.25, -0.2) is 0 Å². The van der Waals surface area contributed by atoms with Gasteiger partial charge in [0.15, 0.2) is 6.29 Å². The summed E-state index contributed by atoms with van der Waals surface area (Å²) in [4.78, 5) is 26.8. The number of aliphatic carboxylic acids is 2. The molecule has 0 aromatic rings. The van der Waals surface area contributed by atoms with Crippen LogP contribution in [-0.4, -0.2) is 76.8 Å². The molecule has 9 heteroatoms. The molecule has 12 atom stereocenters. The van der Waals surface area contributed by atoms with E-state index in [1.165, 1.54) is 7.11 Å². The first-order chi connectivity index (χ1) is 16.9. The third-order valence-electron chi connectivity index (χ3n) is 10.8. The molecule has 0 spiro atoms. The Kier molecular flexibility index (Phi) is 6.16. The Morgan fingerprint density at radius 1 is 1.11 bits per heavy atom. The van der Waals surface area contributed by atoms with Crippen LogP contribution in [0.4, 0.5) is 0 Å². The van der Waals surface area contributed by atoms with Crippen LogP contribution in [-0.2, 0) is 23.8 Å². The molecule has 5 rings (SSSR count). The van der Waals surface area contributed by atoms with Crippen LogP contribution >= 0.6 is 0 Å². The molecule has 0 radical (unpaired) electrons. The molecule has 3 saturated carbocycles. The molecule has 9 nitrogen and oxygen atoms in total. The fraction of sp³-hybridized carbons (Fsp3) is 0.852. The molecule has 1 heterocycles. The van der Waals surface area contributed by atoms with Gasteiger partial charge < -0.3 is 34.6 Å². The van der Waals surface area contributed by atoms with Crippen LogP contribution in [0.15, 0.2) is 11.6 Å². The number of carbonyl (C=O) groups is 2. The first-order valence-corrected chi connectivity index (χ1v) is 13.3. The number of ether oxygens (including phenoxy) is 3. The van der Waals surface area contributed by atoms with E-state index < -0.39 is 58.9 Å². The first kappa shape index (κ1) is 26.1. The van der Waals surface area contributed by atoms with Crippen molar-refractivity contribution in [3.05, 3.63) is 11.6 Å². The Bertz CT molecular complexity index is 963. The summed E-state index contributed by atoms with van der Waals surface area (Å²) < 4.78 is 17.3. The van der Waals surface area contributed by atoms with Crippen molar-refractivity contribution in [1.29, 1.82) is 0 Å². The van der Waals surface area contributed by atoms with Crippen molar-refractivity contribution >= 4 is 11.9 Å². The summed E-state index contributed by atoms with van der Waals surface area (Å²) >= 11 is 0. The number of carboxylic acid groups (broad SMARTS) is 2. The summed E-state index contributed by atoms with van der Waals surface area (Å²) in [5, 5.41) is 43.2. The topological polar surface area (TPSA) is 143 Å². The van der Waals surface area contributed by atoms with Crippen LogP contribution in [0.2, 0.25) is 0 Å². The molecule has 0 amide bonds. The lowest BCUT2D eigenvalue weighted by molar-refractivity contribution is -0.307. The Morgan fingerprint density at radius 3 is 2.39 bits per heavy atom. The number of carboxylic acids is 2. The average Bonchev–Trinajstić information content (AvgIpc) is 3.38. The van der Waals surface area contributed by atoms with Crippen molar-refractivity contribution in [3.63, 3.8) is 0 Å². The van der Waals surface area contributed by atoms with Crippen LogP contribution in [0.3, 0.4) is 0 Å². The quantitative estimate of drug-likeness (QED) is 0.381. The van der Waals surface area contributed by atoms with E-state index in [9.17, 15) is 30.0 Å². The molecule has 4 fully saturated rings. The minimum Gasteiger partial charge on any atom is -0.481 e. The number of hydrogen-bond acceptors (Lipinski definition) is 7. The fourth-order valence-electron chi connectivity index (χ4n) is 9.44. The molecule has 4 bridgehead atoms. The van der Waals surface area contributed by atoms with E-state index in [4.69, 9.17) is 14.2 Å². The molecule has 9 unspecified atom stereocenters. The van der Waals surface area contributed by atoms with Gasteiger partial charge in [-0.1, -0.05) is 38.8 Å². The Hall–Kier alpha value is -1.52. The zero-order valence-corrected chi connectivity index (χ0v) is 21.7. The number of methoxy groups -OCH3 is 1. The van der Waals surface area contributed by atoms with Gasteiger partial charge in [0.05, 0.1) is 18.1 Å². The second-order valence-electron chi connectivity index (χ2n) is 12.3. The molecular formula is C27H40O9. The summed E-state index contributed by atoms with van der Waals surface area (Å²) in [6, 6.07) is 0. The van der Waals surface area contributed by atoms with Gasteiger partial charge in [-0.05, 0) is 55.8 Å². The molecule has 4 N–H and O–H groups in total. The second-order valence-corrected chi connectivity index (χ2v) is 12.3. The molecule has 0 aromatic carbocycles. The van der Waals surface area contributed by atoms with Crippen molar-refractivity contribution in [2.24, 2.45) is 45.8 Å². The summed E-state index contributed by atoms with van der Waals surface area (Å²) in [6.07, 6.45) is -0.626. The number of aliphatic hydroxyl groups is 2. The standard InChI is InChI=1S/C27H40O9/c1-12(2)18-8-15-9-26(23(30)31)17-7-6-13(3)16(17)10-25(15,27(18,26)24(32)33)11-35-22-20(29)19(28)21(34-5)14(4)36-22/h8,12-17,19-22,28-29H,6-7,9-11H2,1-5H3,(H,30,31)(H,32,33)/t13-,14?,15?,16-,17-,19?,20?,21?,22?,25?,26?,27?/m1/s1. The molecular weight excluding hydrogens is 468 g/mol. The summed E-state index contributed by atoms with van der Waals surface area (Å²) in [7, 11) is 1.43. The normalized spacial score (nSPS) is 51.3. The summed E-state index contributed by atoms with van der Waals surface area (Å²) in [5.74, 6) is -2.35. The van der Waals surface area contributed by atoms with Crippen LogP contribution in [0.5, 0.6) is 0 Å². The summed E-state index contributed by atoms with van der Waals surface area (Å²) in [5.41, 5.74) is -3.30. The van der Waals surface area contributed by atoms with Crippen molar-refractivity contribution in [1.82, 2.24) is 0 Å². The number of aliphatic hydroxyl groups excluding tert-OH is 2. The number of rotatable bonds is 7. The smallest absolute Gasteiger partial charge is 0.315 e. The van der Waals surface area contributed by atoms with E-state index in [0.717, 1.165) is 12.8 Å². The van der Waals surface area contributed by atoms with E-state index in [1.54, 1.807) is 6.92 Å². The Morgan fingerprint density at radius 2 is 1.81 bits per heavy atom. The highest BCUT2D eigenvalue weighted by Gasteiger charge is 2.86. The van der Waals surface area contributed by atoms with Crippen LogP contribution in [0, 0.1) is 45.8 Å². The van der Waals surface area contributed by atoms with E-state index in [2.05, 4.69) is 6.92 Å². The highest BCUT2D eigenvalue weighted by molar-refractivity contribution is 5.94. The fourth-order valence-corrected chi connectivity index (χ4v) is 9.44. The van der Waals surface area contributed by atoms with Gasteiger partial charge in [-0.3, -0.25) is 9.59 Å². The molecule has 0 aromatic heterocycles. The minimum absolute atomic E-state index is 0.0690. The van der Waals surface area contributed by atoms with Crippen molar-refractivity contribution in [2.75, 3.05) is 13.7 Å². The van der Waals surface area contributed by atoms with Gasteiger partial charge in [0.25, 0.3) is 0 Å². The highest BCUT2D eigenvalue weighted by Crippen LogP contribution is 2.83. The zero-order valence-electron chi connectivity index (χ0n) is 21.7. The Balaban J connectivity index is 1.59. The predicted molar refractivity (Wildman–Crippen MR) is 127 cm³/mol. The van der Waals surface area contributed by atoms with Gasteiger partial charge in [0, 0.05) is 12.5 Å². The molecule has 5 aliphatic rings. The SMILES string of the molecule is COC1C(C)OC(OCC23C[C@@H]4[C@H](C)CC[C@H]4C4(C(=O)O)CC2C=C(C(C)C)C34C(=O)O)C(O)C1O. The van der Waals surface area contributed by atoms with Gasteiger partial charge in [-0.2, -0.15) is 0 Å². The van der Waals surface area contributed by atoms with E-state index >= 15 is 0 Å². The maximum Gasteiger partial charge on any atom is 0.315 e. The van der Waals surface area contributed by atoms with Crippen molar-refractivity contribution in [2.45, 2.75) is 84.1 Å². The van der Waals surface area contributed by atoms with Crippen LogP contribution in [0.1, 0.15) is 53.4 Å². The van der Waals surface area contributed by atoms with Crippen molar-refractivity contribution < 1.29 is 44.2 Å². The maximum atomic E-state index is 13.5. The highest BCUT2D eigenvalue weighted by atomic mass is 16.7. The largest absolute Gasteiger partial charge is 0.481 e. The molecule has 36 heavy (non-hydrogen) atoms. The average molecular weight is 509 g/mol. The van der Waals surface area contributed by atoms with Crippen molar-refractivity contribution in [3.8, 4) is 0 Å². The zero-order chi connectivity index (χ0) is 26.4. The van der Waals surface area contributed by atoms with E-state index in [1.807, 2.05) is 19.9 Å². The number of hydrogen-bond donors (Lipinski definition) is 4. The second kappa shape index (κ2) is 8.50. The van der Waals surface area contributed by atoms with Gasteiger partial charge in [0.1, 0.15) is 23.7 Å². The maximum absolute atomic E-state index is 13.5.